The molecule has 0 bridgehead atoms. The summed E-state index contributed by atoms with van der Waals surface area (Å²) in [5.74, 6) is -1.39. The van der Waals surface area contributed by atoms with Crippen molar-refractivity contribution in [2.75, 3.05) is 0 Å². The minimum absolute atomic E-state index is 0.207. The summed E-state index contributed by atoms with van der Waals surface area (Å²) in [6.07, 6.45) is 1.66. The van der Waals surface area contributed by atoms with E-state index in [0.717, 1.165) is 16.5 Å². The number of halogens is 1. The largest absolute Gasteiger partial charge is 0.480 e. The lowest BCUT2D eigenvalue weighted by molar-refractivity contribution is -0.162. The van der Waals surface area contributed by atoms with E-state index in [4.69, 9.17) is 0 Å². The zero-order chi connectivity index (χ0) is 14.0. The van der Waals surface area contributed by atoms with E-state index in [-0.39, 0.29) is 11.9 Å². The van der Waals surface area contributed by atoms with Crippen molar-refractivity contribution in [3.8, 4) is 0 Å². The van der Waals surface area contributed by atoms with Crippen molar-refractivity contribution in [1.29, 1.82) is 0 Å². The van der Waals surface area contributed by atoms with Crippen LogP contribution in [0.25, 0.3) is 0 Å². The monoisotopic (exact) mass is 325 g/mol. The number of nitrogens with one attached hydrogen (secondary N) is 1. The van der Waals surface area contributed by atoms with Crippen molar-refractivity contribution in [2.24, 2.45) is 5.41 Å². The van der Waals surface area contributed by atoms with Gasteiger partial charge in [-0.25, -0.2) is 0 Å². The zero-order valence-corrected chi connectivity index (χ0v) is 12.2. The second-order valence-electron chi connectivity index (χ2n) is 4.99. The van der Waals surface area contributed by atoms with Crippen LogP contribution in [-0.2, 0) is 9.59 Å². The van der Waals surface area contributed by atoms with Crippen molar-refractivity contribution in [2.45, 2.75) is 32.2 Å². The molecule has 1 aromatic carbocycles. The Hall–Kier alpha value is -1.36. The summed E-state index contributed by atoms with van der Waals surface area (Å²) in [7, 11) is 0. The van der Waals surface area contributed by atoms with Crippen LogP contribution in [0.3, 0.4) is 0 Å². The predicted molar refractivity (Wildman–Crippen MR) is 74.6 cm³/mol. The Morgan fingerprint density at radius 2 is 2.11 bits per heavy atom. The first-order valence-corrected chi connectivity index (χ1v) is 7.05. The van der Waals surface area contributed by atoms with Gasteiger partial charge >= 0.3 is 5.97 Å². The predicted octanol–water partition coefficient (Wildman–Crippen LogP) is 2.88. The fourth-order valence-corrected chi connectivity index (χ4v) is 2.68. The molecule has 2 N–H and O–H groups in total. The van der Waals surface area contributed by atoms with Crippen LogP contribution in [0.2, 0.25) is 0 Å². The van der Waals surface area contributed by atoms with Crippen LogP contribution in [0.15, 0.2) is 28.7 Å². The molecule has 0 heterocycles. The summed E-state index contributed by atoms with van der Waals surface area (Å²) in [6, 6.07) is 7.41. The minimum Gasteiger partial charge on any atom is -0.480 e. The molecule has 0 aliphatic heterocycles. The van der Waals surface area contributed by atoms with Crippen LogP contribution in [-0.4, -0.2) is 17.0 Å². The van der Waals surface area contributed by atoms with E-state index in [1.54, 1.807) is 0 Å². The van der Waals surface area contributed by atoms with Crippen LogP contribution in [0, 0.1) is 5.41 Å². The van der Waals surface area contributed by atoms with E-state index >= 15 is 0 Å². The molecule has 1 fully saturated rings. The van der Waals surface area contributed by atoms with Gasteiger partial charge in [0.05, 0.1) is 6.04 Å². The molecule has 102 valence electrons. The van der Waals surface area contributed by atoms with Gasteiger partial charge in [0.15, 0.2) is 0 Å². The molecule has 1 atom stereocenters. The van der Waals surface area contributed by atoms with E-state index in [9.17, 15) is 14.7 Å². The summed E-state index contributed by atoms with van der Waals surface area (Å²) in [5.41, 5.74) is -0.261. The maximum absolute atomic E-state index is 12.2. The van der Waals surface area contributed by atoms with Gasteiger partial charge < -0.3 is 10.4 Å². The van der Waals surface area contributed by atoms with E-state index < -0.39 is 11.4 Å². The zero-order valence-electron chi connectivity index (χ0n) is 10.6. The lowest BCUT2D eigenvalue weighted by atomic mass is 9.68. The van der Waals surface area contributed by atoms with Crippen LogP contribution in [0.1, 0.15) is 37.8 Å². The van der Waals surface area contributed by atoms with Gasteiger partial charge in [-0.15, -0.1) is 0 Å². The van der Waals surface area contributed by atoms with Gasteiger partial charge in [-0.3, -0.25) is 9.59 Å². The molecule has 1 saturated carbocycles. The van der Waals surface area contributed by atoms with Gasteiger partial charge in [-0.2, -0.15) is 0 Å². The molecule has 1 aromatic rings. The third-order valence-corrected chi connectivity index (χ3v) is 4.24. The second-order valence-corrected chi connectivity index (χ2v) is 5.91. The third-order valence-electron chi connectivity index (χ3n) is 3.75. The summed E-state index contributed by atoms with van der Waals surface area (Å²) in [6.45, 7) is 1.86. The molecular weight excluding hydrogens is 310 g/mol. The summed E-state index contributed by atoms with van der Waals surface area (Å²) < 4.78 is 0.933. The van der Waals surface area contributed by atoms with E-state index in [0.29, 0.717) is 12.8 Å². The normalized spacial score (nSPS) is 18.2. The fourth-order valence-electron chi connectivity index (χ4n) is 2.26. The third kappa shape index (κ3) is 2.66. The van der Waals surface area contributed by atoms with E-state index in [1.807, 2.05) is 31.2 Å². The molecule has 1 aliphatic carbocycles. The highest BCUT2D eigenvalue weighted by Gasteiger charge is 2.51. The Bertz CT molecular complexity index is 511. The lowest BCUT2D eigenvalue weighted by Gasteiger charge is -2.36. The summed E-state index contributed by atoms with van der Waals surface area (Å²) >= 11 is 3.38. The first-order valence-electron chi connectivity index (χ1n) is 6.25. The number of carbonyl (C=O) groups is 2. The standard InChI is InChI=1S/C14H16BrNO3/c1-9(10-4-2-5-11(15)8-10)16-12(17)14(13(18)19)6-3-7-14/h2,4-5,8-9H,3,6-7H2,1H3,(H,16,17)(H,18,19). The Morgan fingerprint density at radius 3 is 2.58 bits per heavy atom. The number of hydrogen-bond acceptors (Lipinski definition) is 2. The summed E-state index contributed by atoms with van der Waals surface area (Å²) in [5, 5.41) is 12.0. The topological polar surface area (TPSA) is 66.4 Å². The van der Waals surface area contributed by atoms with Crippen LogP contribution >= 0.6 is 15.9 Å². The molecule has 5 heteroatoms. The van der Waals surface area contributed by atoms with Crippen molar-refractivity contribution < 1.29 is 14.7 Å². The molecule has 19 heavy (non-hydrogen) atoms. The molecule has 1 unspecified atom stereocenters. The lowest BCUT2D eigenvalue weighted by Crippen LogP contribution is -2.51. The average Bonchev–Trinajstić information content (AvgIpc) is 2.26. The first kappa shape index (κ1) is 14.1. The maximum atomic E-state index is 12.2. The average molecular weight is 326 g/mol. The molecule has 0 saturated heterocycles. The Labute approximate surface area is 120 Å². The Kier molecular flexibility index (Phi) is 3.94. The van der Waals surface area contributed by atoms with Crippen LogP contribution < -0.4 is 5.32 Å². The first-order chi connectivity index (χ1) is 8.95. The van der Waals surface area contributed by atoms with Gasteiger partial charge in [0.1, 0.15) is 5.41 Å². The fraction of sp³-hybridized carbons (Fsp3) is 0.429. The van der Waals surface area contributed by atoms with Crippen LogP contribution in [0.4, 0.5) is 0 Å². The molecule has 1 amide bonds. The van der Waals surface area contributed by atoms with Gasteiger partial charge in [-0.1, -0.05) is 34.5 Å². The highest BCUT2D eigenvalue weighted by Crippen LogP contribution is 2.41. The van der Waals surface area contributed by atoms with Crippen LogP contribution in [0.5, 0.6) is 0 Å². The minimum atomic E-state index is -1.21. The number of aliphatic carboxylic acids is 1. The maximum Gasteiger partial charge on any atom is 0.319 e. The number of hydrogen-bond donors (Lipinski definition) is 2. The molecule has 0 spiro atoms. The number of amides is 1. The smallest absolute Gasteiger partial charge is 0.319 e. The van der Waals surface area contributed by atoms with Gasteiger partial charge in [0.25, 0.3) is 0 Å². The number of carboxylic acid groups (broad SMARTS) is 1. The quantitative estimate of drug-likeness (QED) is 0.836. The second kappa shape index (κ2) is 5.33. The number of carbonyl (C=O) groups excluding carboxylic acids is 1. The van der Waals surface area contributed by atoms with Crippen molar-refractivity contribution >= 4 is 27.8 Å². The van der Waals surface area contributed by atoms with E-state index in [2.05, 4.69) is 21.2 Å². The number of benzene rings is 1. The highest BCUT2D eigenvalue weighted by molar-refractivity contribution is 9.10. The Balaban J connectivity index is 2.09. The van der Waals surface area contributed by atoms with Gasteiger partial charge in [0, 0.05) is 4.47 Å². The molecule has 0 aromatic heterocycles. The molecule has 1 aliphatic rings. The molecule has 2 rings (SSSR count). The molecule has 4 nitrogen and oxygen atoms in total. The number of carboxylic acids is 1. The molecule has 0 radical (unpaired) electrons. The highest BCUT2D eigenvalue weighted by atomic mass is 79.9. The van der Waals surface area contributed by atoms with Crippen molar-refractivity contribution in [3.63, 3.8) is 0 Å². The molecular formula is C14H16BrNO3. The number of rotatable bonds is 4. The van der Waals surface area contributed by atoms with Crippen molar-refractivity contribution in [3.05, 3.63) is 34.3 Å². The summed E-state index contributed by atoms with van der Waals surface area (Å²) in [4.78, 5) is 23.4. The van der Waals surface area contributed by atoms with Gasteiger partial charge in [0.2, 0.25) is 5.91 Å². The van der Waals surface area contributed by atoms with Crippen molar-refractivity contribution in [1.82, 2.24) is 5.32 Å². The SMILES string of the molecule is CC(NC(=O)C1(C(=O)O)CCC1)c1cccc(Br)c1. The van der Waals surface area contributed by atoms with E-state index in [1.165, 1.54) is 0 Å². The Morgan fingerprint density at radius 1 is 1.42 bits per heavy atom. The van der Waals surface area contributed by atoms with Gasteiger partial charge in [-0.05, 0) is 37.5 Å².